The minimum Gasteiger partial charge on any atom is -0.377 e. The predicted molar refractivity (Wildman–Crippen MR) is 98.2 cm³/mol. The van der Waals surface area contributed by atoms with Crippen molar-refractivity contribution >= 4 is 11.3 Å². The lowest BCUT2D eigenvalue weighted by Gasteiger charge is -2.20. The first kappa shape index (κ1) is 18.7. The summed E-state index contributed by atoms with van der Waals surface area (Å²) in [6.45, 7) is 7.53. The number of rotatable bonds is 5. The molecule has 25 heavy (non-hydrogen) atoms. The fourth-order valence-corrected chi connectivity index (χ4v) is 3.00. The van der Waals surface area contributed by atoms with Gasteiger partial charge in [0.2, 0.25) is 0 Å². The van der Waals surface area contributed by atoms with Crippen LogP contribution < -0.4 is 5.32 Å². The van der Waals surface area contributed by atoms with Gasteiger partial charge in [0.25, 0.3) is 0 Å². The van der Waals surface area contributed by atoms with Crippen LogP contribution in [0.2, 0.25) is 0 Å². The van der Waals surface area contributed by atoms with Gasteiger partial charge in [-0.15, -0.1) is 0 Å². The number of benzene rings is 2. The van der Waals surface area contributed by atoms with E-state index in [2.05, 4.69) is 24.4 Å². The number of nitrogens with one attached hydrogen (secondary N) is 1. The van der Waals surface area contributed by atoms with Gasteiger partial charge in [0.1, 0.15) is 17.7 Å². The summed E-state index contributed by atoms with van der Waals surface area (Å²) in [6, 6.07) is 9.57. The Morgan fingerprint density at radius 1 is 1.28 bits per heavy atom. The van der Waals surface area contributed by atoms with Crippen molar-refractivity contribution in [2.75, 3.05) is 5.32 Å². The van der Waals surface area contributed by atoms with Crippen LogP contribution in [0.25, 0.3) is 5.57 Å². The third kappa shape index (κ3) is 4.24. The predicted octanol–water partition coefficient (Wildman–Crippen LogP) is 6.13. The molecular weight excluding hydrogens is 318 g/mol. The molecule has 2 nitrogen and oxygen atoms in total. The van der Waals surface area contributed by atoms with E-state index in [-0.39, 0.29) is 0 Å². The highest BCUT2D eigenvalue weighted by Crippen LogP contribution is 2.29. The molecule has 0 heterocycles. The summed E-state index contributed by atoms with van der Waals surface area (Å²) in [5.41, 5.74) is 4.16. The number of hydrogen-bond donors (Lipinski definition) is 1. The molecule has 0 saturated carbocycles. The van der Waals surface area contributed by atoms with E-state index in [1.54, 1.807) is 13.8 Å². The Morgan fingerprint density at radius 3 is 2.60 bits per heavy atom. The first-order valence-electron chi connectivity index (χ1n) is 8.30. The quantitative estimate of drug-likeness (QED) is 0.710. The van der Waals surface area contributed by atoms with Gasteiger partial charge < -0.3 is 5.32 Å². The van der Waals surface area contributed by atoms with Gasteiger partial charge in [-0.3, -0.25) is 0 Å². The smallest absolute Gasteiger partial charge is 0.131 e. The molecule has 0 aromatic heterocycles. The van der Waals surface area contributed by atoms with E-state index in [4.69, 9.17) is 0 Å². The largest absolute Gasteiger partial charge is 0.377 e. The van der Waals surface area contributed by atoms with Crippen LogP contribution in [0.1, 0.15) is 55.5 Å². The molecule has 0 aliphatic rings. The van der Waals surface area contributed by atoms with E-state index < -0.39 is 17.7 Å². The third-order valence-corrected chi connectivity index (χ3v) is 4.21. The molecule has 1 unspecified atom stereocenters. The van der Waals surface area contributed by atoms with E-state index in [0.29, 0.717) is 22.4 Å². The maximum Gasteiger partial charge on any atom is 0.131 e. The third-order valence-electron chi connectivity index (χ3n) is 4.21. The van der Waals surface area contributed by atoms with Crippen molar-refractivity contribution in [1.82, 2.24) is 0 Å². The van der Waals surface area contributed by atoms with Crippen LogP contribution in [0.3, 0.4) is 0 Å². The van der Waals surface area contributed by atoms with Gasteiger partial charge in [0.05, 0.1) is 17.3 Å². The number of allylic oxidation sites excluding steroid dienone is 2. The molecule has 0 aliphatic heterocycles. The summed E-state index contributed by atoms with van der Waals surface area (Å²) in [7, 11) is 0. The normalized spacial score (nSPS) is 12.6. The fourth-order valence-electron chi connectivity index (χ4n) is 3.00. The zero-order chi connectivity index (χ0) is 18.6. The highest BCUT2D eigenvalue weighted by atomic mass is 19.1. The number of aryl methyl sites for hydroxylation is 1. The standard InChI is InChI=1S/C21H22F2N2/c1-5-6-13(2)16-7-8-20(17(10-16)12-24)25-15(4)21-14(3)9-18(22)11-19(21)23/h6-11,15,25H,5H2,1-4H3. The van der Waals surface area contributed by atoms with Gasteiger partial charge in [-0.1, -0.05) is 19.1 Å². The van der Waals surface area contributed by atoms with Crippen molar-refractivity contribution in [3.63, 3.8) is 0 Å². The van der Waals surface area contributed by atoms with Gasteiger partial charge >= 0.3 is 0 Å². The Hall–Kier alpha value is -2.67. The number of anilines is 1. The van der Waals surface area contributed by atoms with Crippen LogP contribution in [-0.4, -0.2) is 0 Å². The van der Waals surface area contributed by atoms with Crippen molar-refractivity contribution in [3.05, 3.63) is 70.3 Å². The Morgan fingerprint density at radius 2 is 2.00 bits per heavy atom. The lowest BCUT2D eigenvalue weighted by molar-refractivity contribution is 0.563. The summed E-state index contributed by atoms with van der Waals surface area (Å²) in [5.74, 6) is -1.18. The number of halogens is 2. The van der Waals surface area contributed by atoms with E-state index >= 15 is 0 Å². The summed E-state index contributed by atoms with van der Waals surface area (Å²) < 4.78 is 27.4. The molecule has 0 bridgehead atoms. The Bertz CT molecular complexity index is 824. The van der Waals surface area contributed by atoms with Gasteiger partial charge in [-0.05, 0) is 62.1 Å². The minimum absolute atomic E-state index is 0.397. The Balaban J connectivity index is 2.35. The lowest BCUT2D eigenvalue weighted by Crippen LogP contribution is -2.12. The maximum atomic E-state index is 14.1. The van der Waals surface area contributed by atoms with E-state index in [0.717, 1.165) is 23.6 Å². The van der Waals surface area contributed by atoms with Crippen molar-refractivity contribution in [1.29, 1.82) is 5.26 Å². The lowest BCUT2D eigenvalue weighted by atomic mass is 9.99. The summed E-state index contributed by atoms with van der Waals surface area (Å²) >= 11 is 0. The molecule has 0 saturated heterocycles. The molecule has 1 atom stereocenters. The molecule has 0 amide bonds. The average Bonchev–Trinajstić information content (AvgIpc) is 2.54. The highest BCUT2D eigenvalue weighted by molar-refractivity contribution is 5.70. The first-order chi connectivity index (χ1) is 11.9. The van der Waals surface area contributed by atoms with Crippen molar-refractivity contribution in [2.45, 2.75) is 40.2 Å². The van der Waals surface area contributed by atoms with Gasteiger partial charge in [-0.25, -0.2) is 8.78 Å². The summed E-state index contributed by atoms with van der Waals surface area (Å²) in [4.78, 5) is 0. The summed E-state index contributed by atoms with van der Waals surface area (Å²) in [6.07, 6.45) is 3.03. The van der Waals surface area contributed by atoms with E-state index in [9.17, 15) is 14.0 Å². The van der Waals surface area contributed by atoms with Gasteiger partial charge in [0, 0.05) is 11.6 Å². The van der Waals surface area contributed by atoms with Crippen LogP contribution in [0.15, 0.2) is 36.4 Å². The van der Waals surface area contributed by atoms with Gasteiger partial charge in [-0.2, -0.15) is 5.26 Å². The molecule has 0 radical (unpaired) electrons. The monoisotopic (exact) mass is 340 g/mol. The molecule has 1 N–H and O–H groups in total. The number of hydrogen-bond acceptors (Lipinski definition) is 2. The van der Waals surface area contributed by atoms with Crippen LogP contribution in [0.5, 0.6) is 0 Å². The van der Waals surface area contributed by atoms with Crippen LogP contribution in [-0.2, 0) is 0 Å². The molecule has 130 valence electrons. The van der Waals surface area contributed by atoms with Crippen molar-refractivity contribution in [2.24, 2.45) is 0 Å². The highest BCUT2D eigenvalue weighted by Gasteiger charge is 2.16. The zero-order valence-electron chi connectivity index (χ0n) is 15.0. The number of nitriles is 1. The molecule has 0 aliphatic carbocycles. The van der Waals surface area contributed by atoms with Crippen molar-refractivity contribution in [3.8, 4) is 6.07 Å². The number of nitrogens with zero attached hydrogens (tertiary/aromatic N) is 1. The zero-order valence-corrected chi connectivity index (χ0v) is 15.0. The maximum absolute atomic E-state index is 14.1. The van der Waals surface area contributed by atoms with E-state index in [1.165, 1.54) is 6.07 Å². The van der Waals surface area contributed by atoms with E-state index in [1.807, 2.05) is 25.1 Å². The molecule has 0 fully saturated rings. The molecule has 2 rings (SSSR count). The molecule has 0 spiro atoms. The molecular formula is C21H22F2N2. The second kappa shape index (κ2) is 7.94. The molecule has 2 aromatic rings. The van der Waals surface area contributed by atoms with Crippen LogP contribution >= 0.6 is 0 Å². The second-order valence-corrected chi connectivity index (χ2v) is 6.15. The topological polar surface area (TPSA) is 35.8 Å². The Kier molecular flexibility index (Phi) is 5.93. The average molecular weight is 340 g/mol. The van der Waals surface area contributed by atoms with Crippen LogP contribution in [0.4, 0.5) is 14.5 Å². The minimum atomic E-state index is -0.591. The fraction of sp³-hybridized carbons (Fsp3) is 0.286. The summed E-state index contributed by atoms with van der Waals surface area (Å²) in [5, 5.41) is 12.6. The Labute approximate surface area is 147 Å². The second-order valence-electron chi connectivity index (χ2n) is 6.15. The molecule has 4 heteroatoms. The SMILES string of the molecule is CCC=C(C)c1ccc(NC(C)c2c(C)cc(F)cc2F)c(C#N)c1. The van der Waals surface area contributed by atoms with Crippen molar-refractivity contribution < 1.29 is 8.78 Å². The van der Waals surface area contributed by atoms with Gasteiger partial charge in [0.15, 0.2) is 0 Å². The molecule has 2 aromatic carbocycles. The van der Waals surface area contributed by atoms with Crippen LogP contribution in [0, 0.1) is 29.9 Å². The first-order valence-corrected chi connectivity index (χ1v) is 8.30.